The SMILES string of the molecule is CC1CCO1.[SiH4]. The van der Waals surface area contributed by atoms with Crippen molar-refractivity contribution in [1.29, 1.82) is 0 Å². The van der Waals surface area contributed by atoms with Crippen LogP contribution in [0.1, 0.15) is 13.3 Å². The third kappa shape index (κ3) is 1.10. The van der Waals surface area contributed by atoms with Gasteiger partial charge in [-0.2, -0.15) is 0 Å². The van der Waals surface area contributed by atoms with Crippen LogP contribution in [-0.2, 0) is 4.74 Å². The van der Waals surface area contributed by atoms with E-state index in [0.717, 1.165) is 6.61 Å². The largest absolute Gasteiger partial charge is 0.378 e. The Morgan fingerprint density at radius 3 is 2.00 bits per heavy atom. The van der Waals surface area contributed by atoms with Crippen LogP contribution in [0.15, 0.2) is 0 Å². The molecule has 38 valence electrons. The Labute approximate surface area is 42.7 Å². The molecular formula is C4H12OSi. The number of ether oxygens (including phenoxy) is 1. The van der Waals surface area contributed by atoms with E-state index >= 15 is 0 Å². The lowest BCUT2D eigenvalue weighted by atomic mass is 10.2. The zero-order valence-corrected chi connectivity index (χ0v) is 3.40. The summed E-state index contributed by atoms with van der Waals surface area (Å²) in [4.78, 5) is 0. The van der Waals surface area contributed by atoms with E-state index in [0.29, 0.717) is 6.10 Å². The molecule has 0 aromatic rings. The number of hydrogen-bond acceptors (Lipinski definition) is 1. The molecule has 1 fully saturated rings. The van der Waals surface area contributed by atoms with Gasteiger partial charge in [0.15, 0.2) is 0 Å². The summed E-state index contributed by atoms with van der Waals surface area (Å²) < 4.78 is 4.93. The van der Waals surface area contributed by atoms with Gasteiger partial charge in [0.1, 0.15) is 0 Å². The van der Waals surface area contributed by atoms with Crippen molar-refractivity contribution in [3.63, 3.8) is 0 Å². The molecular weight excluding hydrogens is 92.1 g/mol. The topological polar surface area (TPSA) is 9.23 Å². The van der Waals surface area contributed by atoms with Crippen molar-refractivity contribution in [2.45, 2.75) is 19.4 Å². The molecule has 0 aromatic carbocycles. The van der Waals surface area contributed by atoms with Gasteiger partial charge < -0.3 is 4.74 Å². The number of hydrogen-bond donors (Lipinski definition) is 0. The maximum absolute atomic E-state index is 4.93. The molecule has 1 aliphatic rings. The average molecular weight is 104 g/mol. The predicted molar refractivity (Wildman–Crippen MR) is 31.4 cm³/mol. The smallest absolute Gasteiger partial charge is 0.0568 e. The molecule has 1 nitrogen and oxygen atoms in total. The third-order valence-electron chi connectivity index (χ3n) is 0.927. The Balaban J connectivity index is 0.000000250. The van der Waals surface area contributed by atoms with Crippen LogP contribution in [0.3, 0.4) is 0 Å². The van der Waals surface area contributed by atoms with Gasteiger partial charge in [0, 0.05) is 6.61 Å². The fraction of sp³-hybridized carbons (Fsp3) is 1.00. The van der Waals surface area contributed by atoms with Crippen LogP contribution in [0, 0.1) is 0 Å². The van der Waals surface area contributed by atoms with Gasteiger partial charge in [-0.15, -0.1) is 0 Å². The molecule has 0 amide bonds. The first-order valence-corrected chi connectivity index (χ1v) is 2.01. The lowest BCUT2D eigenvalue weighted by Crippen LogP contribution is -2.22. The highest BCUT2D eigenvalue weighted by Gasteiger charge is 2.09. The van der Waals surface area contributed by atoms with Gasteiger partial charge in [-0.25, -0.2) is 0 Å². The van der Waals surface area contributed by atoms with Crippen molar-refractivity contribution in [3.8, 4) is 0 Å². The number of rotatable bonds is 0. The van der Waals surface area contributed by atoms with E-state index in [4.69, 9.17) is 4.74 Å². The van der Waals surface area contributed by atoms with E-state index in [9.17, 15) is 0 Å². The Morgan fingerprint density at radius 2 is 2.00 bits per heavy atom. The zero-order chi connectivity index (χ0) is 3.70. The van der Waals surface area contributed by atoms with Crippen LogP contribution >= 0.6 is 0 Å². The Bertz CT molecular complexity index is 34.5. The zero-order valence-electron chi connectivity index (χ0n) is 3.40. The molecule has 0 saturated carbocycles. The predicted octanol–water partition coefficient (Wildman–Crippen LogP) is -0.656. The van der Waals surface area contributed by atoms with Gasteiger partial charge in [0.05, 0.1) is 6.10 Å². The van der Waals surface area contributed by atoms with Crippen LogP contribution in [0.25, 0.3) is 0 Å². The van der Waals surface area contributed by atoms with Gasteiger partial charge in [-0.3, -0.25) is 0 Å². The minimum atomic E-state index is 0. The van der Waals surface area contributed by atoms with Gasteiger partial charge in [-0.05, 0) is 24.3 Å². The summed E-state index contributed by atoms with van der Waals surface area (Å²) in [5.41, 5.74) is 0. The van der Waals surface area contributed by atoms with E-state index in [1.807, 2.05) is 0 Å². The molecule has 1 saturated heterocycles. The molecule has 0 spiro atoms. The molecule has 1 unspecified atom stereocenters. The van der Waals surface area contributed by atoms with Gasteiger partial charge in [-0.1, -0.05) is 0 Å². The molecule has 1 aliphatic heterocycles. The first-order valence-electron chi connectivity index (χ1n) is 2.01. The first-order chi connectivity index (χ1) is 2.39. The maximum atomic E-state index is 4.93. The van der Waals surface area contributed by atoms with E-state index in [1.54, 1.807) is 0 Å². The average Bonchev–Trinajstić information content (AvgIpc) is 1.30. The van der Waals surface area contributed by atoms with Crippen molar-refractivity contribution in [2.75, 3.05) is 6.61 Å². The van der Waals surface area contributed by atoms with Crippen LogP contribution in [-0.4, -0.2) is 23.7 Å². The molecule has 1 atom stereocenters. The van der Waals surface area contributed by atoms with Crippen LogP contribution < -0.4 is 0 Å². The molecule has 1 rings (SSSR count). The van der Waals surface area contributed by atoms with Crippen molar-refractivity contribution < 1.29 is 4.74 Å². The quantitative estimate of drug-likeness (QED) is 0.371. The Hall–Kier alpha value is 0.177. The molecule has 0 aromatic heterocycles. The molecule has 0 bridgehead atoms. The van der Waals surface area contributed by atoms with Crippen molar-refractivity contribution in [3.05, 3.63) is 0 Å². The summed E-state index contributed by atoms with van der Waals surface area (Å²) in [6.07, 6.45) is 1.83. The third-order valence-corrected chi connectivity index (χ3v) is 0.927. The Morgan fingerprint density at radius 1 is 1.67 bits per heavy atom. The molecule has 0 radical (unpaired) electrons. The molecule has 0 N–H and O–H groups in total. The molecule has 0 aliphatic carbocycles. The summed E-state index contributed by atoms with van der Waals surface area (Å²) in [7, 11) is 0. The van der Waals surface area contributed by atoms with Crippen LogP contribution in [0.2, 0.25) is 0 Å². The minimum Gasteiger partial charge on any atom is -0.378 e. The molecule has 2 heteroatoms. The van der Waals surface area contributed by atoms with Crippen molar-refractivity contribution in [2.24, 2.45) is 0 Å². The summed E-state index contributed by atoms with van der Waals surface area (Å²) in [5.74, 6) is 0. The van der Waals surface area contributed by atoms with E-state index in [1.165, 1.54) is 6.42 Å². The van der Waals surface area contributed by atoms with Crippen LogP contribution in [0.5, 0.6) is 0 Å². The fourth-order valence-corrected chi connectivity index (χ4v) is 0.354. The summed E-state index contributed by atoms with van der Waals surface area (Å²) in [6, 6.07) is 0. The second-order valence-corrected chi connectivity index (χ2v) is 1.47. The summed E-state index contributed by atoms with van der Waals surface area (Å²) in [5, 5.41) is 0. The lowest BCUT2D eigenvalue weighted by Gasteiger charge is -2.20. The highest BCUT2D eigenvalue weighted by molar-refractivity contribution is 5.75. The lowest BCUT2D eigenvalue weighted by molar-refractivity contribution is -0.0375. The summed E-state index contributed by atoms with van der Waals surface area (Å²) >= 11 is 0. The second kappa shape index (κ2) is 2.37. The molecule has 1 heterocycles. The fourth-order valence-electron chi connectivity index (χ4n) is 0.354. The van der Waals surface area contributed by atoms with Gasteiger partial charge in [0.25, 0.3) is 0 Å². The summed E-state index contributed by atoms with van der Waals surface area (Å²) in [6.45, 7) is 3.07. The first kappa shape index (κ1) is 6.18. The minimum absolute atomic E-state index is 0. The van der Waals surface area contributed by atoms with Crippen molar-refractivity contribution in [1.82, 2.24) is 0 Å². The Kier molecular flexibility index (Phi) is 2.44. The van der Waals surface area contributed by atoms with E-state index in [-0.39, 0.29) is 11.0 Å². The monoisotopic (exact) mass is 104 g/mol. The second-order valence-electron chi connectivity index (χ2n) is 1.47. The molecule has 6 heavy (non-hydrogen) atoms. The normalized spacial score (nSPS) is 30.5. The maximum Gasteiger partial charge on any atom is 0.0568 e. The van der Waals surface area contributed by atoms with Gasteiger partial charge in [0.2, 0.25) is 0 Å². The van der Waals surface area contributed by atoms with Gasteiger partial charge >= 0.3 is 0 Å². The standard InChI is InChI=1S/C4H8O.H4Si/c1-4-2-3-5-4;/h4H,2-3H2,1H3;1H4. The highest BCUT2D eigenvalue weighted by Crippen LogP contribution is 2.07. The van der Waals surface area contributed by atoms with E-state index in [2.05, 4.69) is 6.92 Å². The van der Waals surface area contributed by atoms with E-state index < -0.39 is 0 Å². The highest BCUT2D eigenvalue weighted by atomic mass is 28.1. The van der Waals surface area contributed by atoms with Crippen LogP contribution in [0.4, 0.5) is 0 Å². The van der Waals surface area contributed by atoms with Crippen molar-refractivity contribution >= 4 is 11.0 Å².